The van der Waals surface area contributed by atoms with Gasteiger partial charge in [-0.2, -0.15) is 26.3 Å². The van der Waals surface area contributed by atoms with Crippen LogP contribution in [0.4, 0.5) is 26.3 Å². The average Bonchev–Trinajstić information content (AvgIpc) is 3.09. The highest BCUT2D eigenvalue weighted by atomic mass is 19.4. The quantitative estimate of drug-likeness (QED) is 0.576. The summed E-state index contributed by atoms with van der Waals surface area (Å²) in [7, 11) is 0. The predicted octanol–water partition coefficient (Wildman–Crippen LogP) is 2.27. The van der Waals surface area contributed by atoms with E-state index in [-0.39, 0.29) is 22.9 Å². The minimum Gasteiger partial charge on any atom is -0.396 e. The van der Waals surface area contributed by atoms with Gasteiger partial charge in [-0.1, -0.05) is 5.16 Å². The predicted molar refractivity (Wildman–Crippen MR) is 80.5 cm³/mol. The van der Waals surface area contributed by atoms with Crippen molar-refractivity contribution in [3.05, 3.63) is 52.3 Å². The summed E-state index contributed by atoms with van der Waals surface area (Å²) in [5, 5.41) is 3.49. The molecule has 0 bridgehead atoms. The smallest absolute Gasteiger partial charge is 0.396 e. The summed E-state index contributed by atoms with van der Waals surface area (Å²) >= 11 is 0. The zero-order valence-electron chi connectivity index (χ0n) is 13.2. The number of aliphatic imine (C=N–C) groups is 1. The number of halogens is 6. The largest absolute Gasteiger partial charge is 0.453 e. The topological polar surface area (TPSA) is 110 Å². The Kier molecular flexibility index (Phi) is 5.71. The molecule has 2 aromatic rings. The van der Waals surface area contributed by atoms with E-state index in [0.717, 1.165) is 12.3 Å². The molecule has 3 N–H and O–H groups in total. The number of nitrogens with one attached hydrogen (secondary N) is 1. The van der Waals surface area contributed by atoms with Crippen LogP contribution in [0, 0.1) is 5.82 Å². The van der Waals surface area contributed by atoms with Crippen LogP contribution >= 0.6 is 0 Å². The van der Waals surface area contributed by atoms with Gasteiger partial charge in [-0.3, -0.25) is 9.79 Å². The van der Waals surface area contributed by atoms with Gasteiger partial charge in [0.25, 0.3) is 5.56 Å². The molecule has 27 heavy (non-hydrogen) atoms. The molecule has 2 aromatic heterocycles. The molecule has 0 aliphatic carbocycles. The number of nitrogens with zero attached hydrogens (tertiary/aromatic N) is 3. The van der Waals surface area contributed by atoms with Crippen molar-refractivity contribution >= 4 is 11.4 Å². The van der Waals surface area contributed by atoms with Gasteiger partial charge in [0.05, 0.1) is 17.6 Å². The lowest BCUT2D eigenvalue weighted by Gasteiger charge is -2.18. The van der Waals surface area contributed by atoms with Crippen LogP contribution in [-0.2, 0) is 0 Å². The molecule has 2 heterocycles. The molecule has 0 saturated carbocycles. The molecular weight excluding hydrogens is 384 g/mol. The van der Waals surface area contributed by atoms with Gasteiger partial charge in [0.15, 0.2) is 5.82 Å². The van der Waals surface area contributed by atoms with Crippen molar-refractivity contribution in [1.29, 1.82) is 0 Å². The number of aromatic nitrogens is 3. The van der Waals surface area contributed by atoms with E-state index in [2.05, 4.69) is 19.7 Å². The van der Waals surface area contributed by atoms with Gasteiger partial charge >= 0.3 is 12.1 Å². The fourth-order valence-electron chi connectivity index (χ4n) is 1.75. The number of H-pyrrole nitrogens is 1. The SMILES string of the molecule is NC(=CC(=NCCC(F)(F)C(F)(F)F)c1ccon1)c1ncc(F)c(=O)[nH]1. The Morgan fingerprint density at radius 1 is 1.33 bits per heavy atom. The maximum absolute atomic E-state index is 13.0. The standard InChI is InChI=1S/C14H11F6N5O2/c15-7-6-23-11(24-12(7)26)8(21)5-10(9-1-4-27-25-9)22-3-2-13(16,17)14(18,19)20/h1,4-6H,2-3,21H2,(H,23,24,26). The van der Waals surface area contributed by atoms with E-state index < -0.39 is 36.4 Å². The first-order valence-corrected chi connectivity index (χ1v) is 7.13. The zero-order valence-corrected chi connectivity index (χ0v) is 13.2. The van der Waals surface area contributed by atoms with Crippen LogP contribution in [0.3, 0.4) is 0 Å². The monoisotopic (exact) mass is 395 g/mol. The first-order valence-electron chi connectivity index (χ1n) is 7.13. The maximum Gasteiger partial charge on any atom is 0.453 e. The highest BCUT2D eigenvalue weighted by Crippen LogP contribution is 2.37. The van der Waals surface area contributed by atoms with Crippen LogP contribution in [0.2, 0.25) is 0 Å². The number of rotatable bonds is 6. The van der Waals surface area contributed by atoms with E-state index in [0.29, 0.717) is 6.20 Å². The van der Waals surface area contributed by atoms with E-state index in [9.17, 15) is 31.1 Å². The van der Waals surface area contributed by atoms with Crippen molar-refractivity contribution in [2.45, 2.75) is 18.5 Å². The van der Waals surface area contributed by atoms with E-state index >= 15 is 0 Å². The van der Waals surface area contributed by atoms with Crippen molar-refractivity contribution in [2.24, 2.45) is 10.7 Å². The number of allylic oxidation sites excluding steroid dienone is 1. The molecule has 0 saturated heterocycles. The lowest BCUT2D eigenvalue weighted by Crippen LogP contribution is -2.37. The van der Waals surface area contributed by atoms with Gasteiger partial charge in [-0.05, 0) is 6.08 Å². The van der Waals surface area contributed by atoms with E-state index in [1.165, 1.54) is 6.07 Å². The molecule has 0 aromatic carbocycles. The lowest BCUT2D eigenvalue weighted by atomic mass is 10.2. The molecular formula is C14H11F6N5O2. The third kappa shape index (κ3) is 4.95. The fraction of sp³-hybridized carbons (Fsp3) is 0.286. The number of nitrogens with two attached hydrogens (primary N) is 1. The Hall–Kier alpha value is -3.12. The van der Waals surface area contributed by atoms with Crippen molar-refractivity contribution < 1.29 is 30.9 Å². The van der Waals surface area contributed by atoms with Crippen molar-refractivity contribution in [3.8, 4) is 0 Å². The summed E-state index contributed by atoms with van der Waals surface area (Å²) in [5.41, 5.74) is 4.09. The van der Waals surface area contributed by atoms with Crippen LogP contribution in [0.1, 0.15) is 17.9 Å². The molecule has 146 valence electrons. The van der Waals surface area contributed by atoms with Crippen LogP contribution in [-0.4, -0.2) is 39.5 Å². The Morgan fingerprint density at radius 3 is 2.59 bits per heavy atom. The second-order valence-corrected chi connectivity index (χ2v) is 5.11. The summed E-state index contributed by atoms with van der Waals surface area (Å²) in [6.07, 6.45) is -4.58. The summed E-state index contributed by atoms with van der Waals surface area (Å²) in [4.78, 5) is 20.4. The summed E-state index contributed by atoms with van der Waals surface area (Å²) in [5.74, 6) is -6.35. The van der Waals surface area contributed by atoms with Crippen LogP contribution in [0.15, 0.2) is 38.9 Å². The summed E-state index contributed by atoms with van der Waals surface area (Å²) in [6, 6.07) is 1.26. The van der Waals surface area contributed by atoms with Gasteiger partial charge < -0.3 is 15.2 Å². The van der Waals surface area contributed by atoms with E-state index in [1.807, 2.05) is 4.98 Å². The van der Waals surface area contributed by atoms with Gasteiger partial charge in [0.1, 0.15) is 12.0 Å². The number of hydrogen-bond acceptors (Lipinski definition) is 6. The molecule has 0 fully saturated rings. The molecule has 2 rings (SSSR count). The van der Waals surface area contributed by atoms with Gasteiger partial charge in [-0.15, -0.1) is 0 Å². The Bertz CT molecular complexity index is 901. The lowest BCUT2D eigenvalue weighted by molar-refractivity contribution is -0.283. The third-order valence-electron chi connectivity index (χ3n) is 3.14. The second-order valence-electron chi connectivity index (χ2n) is 5.11. The molecule has 0 amide bonds. The molecule has 0 atom stereocenters. The first-order chi connectivity index (χ1) is 12.5. The maximum atomic E-state index is 13.0. The highest BCUT2D eigenvalue weighted by Gasteiger charge is 2.56. The van der Waals surface area contributed by atoms with Crippen LogP contribution in [0.25, 0.3) is 5.70 Å². The molecule has 0 aliphatic rings. The van der Waals surface area contributed by atoms with E-state index in [1.54, 1.807) is 0 Å². The molecule has 0 radical (unpaired) electrons. The Balaban J connectivity index is 2.30. The first kappa shape index (κ1) is 20.2. The summed E-state index contributed by atoms with van der Waals surface area (Å²) in [6.45, 7) is -0.911. The number of aromatic amines is 1. The summed E-state index contributed by atoms with van der Waals surface area (Å²) < 4.78 is 80.1. The van der Waals surface area contributed by atoms with E-state index in [4.69, 9.17) is 5.73 Å². The second kappa shape index (κ2) is 7.63. The fourth-order valence-corrected chi connectivity index (χ4v) is 1.75. The van der Waals surface area contributed by atoms with Crippen molar-refractivity contribution in [2.75, 3.05) is 6.54 Å². The molecule has 0 unspecified atom stereocenters. The number of hydrogen-bond donors (Lipinski definition) is 2. The van der Waals surface area contributed by atoms with Crippen LogP contribution in [0.5, 0.6) is 0 Å². The van der Waals surface area contributed by atoms with Gasteiger partial charge in [0.2, 0.25) is 5.82 Å². The van der Waals surface area contributed by atoms with Gasteiger partial charge in [0, 0.05) is 19.0 Å². The third-order valence-corrected chi connectivity index (χ3v) is 3.14. The Morgan fingerprint density at radius 2 is 2.04 bits per heavy atom. The minimum atomic E-state index is -5.71. The number of alkyl halides is 5. The molecule has 0 spiro atoms. The normalized spacial score (nSPS) is 13.9. The molecule has 0 aliphatic heterocycles. The van der Waals surface area contributed by atoms with Crippen LogP contribution < -0.4 is 11.3 Å². The van der Waals surface area contributed by atoms with Crippen molar-refractivity contribution in [3.63, 3.8) is 0 Å². The minimum absolute atomic E-state index is 0.0160. The van der Waals surface area contributed by atoms with Gasteiger partial charge in [-0.25, -0.2) is 4.98 Å². The molecule has 13 heteroatoms. The Labute approximate surface area is 146 Å². The van der Waals surface area contributed by atoms with Crippen molar-refractivity contribution in [1.82, 2.24) is 15.1 Å². The highest BCUT2D eigenvalue weighted by molar-refractivity contribution is 6.10. The zero-order chi connectivity index (χ0) is 20.2. The average molecular weight is 395 g/mol. The molecule has 7 nitrogen and oxygen atoms in total.